The van der Waals surface area contributed by atoms with Crippen molar-refractivity contribution in [2.45, 2.75) is 17.7 Å². The van der Waals surface area contributed by atoms with Crippen LogP contribution in [0.5, 0.6) is 0 Å². The number of nitrogens with one attached hydrogen (secondary N) is 1. The number of amides is 1. The molecule has 0 radical (unpaired) electrons. The summed E-state index contributed by atoms with van der Waals surface area (Å²) >= 11 is 0. The van der Waals surface area contributed by atoms with Crippen molar-refractivity contribution in [3.63, 3.8) is 0 Å². The number of carbonyl (C=O) groups is 2. The highest BCUT2D eigenvalue weighted by Gasteiger charge is 2.41. The van der Waals surface area contributed by atoms with Crippen LogP contribution in [0.4, 0.5) is 10.1 Å². The Hall–Kier alpha value is -2.04. The summed E-state index contributed by atoms with van der Waals surface area (Å²) in [5.74, 6) is -3.87. The SMILES string of the molecule is O=C(O)C1CCC1C(=O)Nc1ccc(F)c(S(=O)(=O)N2CCOCC2)c1. The molecule has 2 fully saturated rings. The number of sulfonamides is 1. The fourth-order valence-corrected chi connectivity index (χ4v) is 4.55. The molecule has 3 rings (SSSR count). The van der Waals surface area contributed by atoms with Gasteiger partial charge in [0.1, 0.15) is 10.7 Å². The van der Waals surface area contributed by atoms with Gasteiger partial charge in [0.25, 0.3) is 0 Å². The number of rotatable bonds is 5. The number of carboxylic acid groups (broad SMARTS) is 1. The van der Waals surface area contributed by atoms with E-state index in [9.17, 15) is 22.4 Å². The van der Waals surface area contributed by atoms with Crippen LogP contribution in [0.15, 0.2) is 23.1 Å². The smallest absolute Gasteiger partial charge is 0.307 e. The van der Waals surface area contributed by atoms with E-state index in [0.29, 0.717) is 12.8 Å². The summed E-state index contributed by atoms with van der Waals surface area (Å²) < 4.78 is 45.6. The van der Waals surface area contributed by atoms with E-state index in [2.05, 4.69) is 5.32 Å². The molecule has 0 aromatic heterocycles. The Labute approximate surface area is 150 Å². The minimum atomic E-state index is -4.05. The second-order valence-corrected chi connectivity index (χ2v) is 8.19. The lowest BCUT2D eigenvalue weighted by molar-refractivity contribution is -0.151. The van der Waals surface area contributed by atoms with Gasteiger partial charge in [-0.15, -0.1) is 0 Å². The van der Waals surface area contributed by atoms with Crippen molar-refractivity contribution >= 4 is 27.6 Å². The van der Waals surface area contributed by atoms with Gasteiger partial charge >= 0.3 is 5.97 Å². The highest BCUT2D eigenvalue weighted by Crippen LogP contribution is 2.35. The average molecular weight is 386 g/mol. The Balaban J connectivity index is 1.79. The molecular weight excluding hydrogens is 367 g/mol. The van der Waals surface area contributed by atoms with Crippen LogP contribution in [0.1, 0.15) is 12.8 Å². The van der Waals surface area contributed by atoms with E-state index in [0.717, 1.165) is 16.4 Å². The highest BCUT2D eigenvalue weighted by atomic mass is 32.2. The molecule has 1 aromatic rings. The van der Waals surface area contributed by atoms with Crippen molar-refractivity contribution in [3.8, 4) is 0 Å². The monoisotopic (exact) mass is 386 g/mol. The van der Waals surface area contributed by atoms with Crippen LogP contribution in [0.3, 0.4) is 0 Å². The lowest BCUT2D eigenvalue weighted by Gasteiger charge is -2.32. The van der Waals surface area contributed by atoms with Gasteiger partial charge in [-0.1, -0.05) is 0 Å². The molecule has 1 saturated carbocycles. The number of aliphatic carboxylic acids is 1. The molecule has 142 valence electrons. The Morgan fingerprint density at radius 2 is 1.85 bits per heavy atom. The Kier molecular flexibility index (Phi) is 5.26. The van der Waals surface area contributed by atoms with E-state index < -0.39 is 44.4 Å². The molecule has 2 N–H and O–H groups in total. The fraction of sp³-hybridized carbons (Fsp3) is 0.500. The molecule has 1 aromatic carbocycles. The highest BCUT2D eigenvalue weighted by molar-refractivity contribution is 7.89. The van der Waals surface area contributed by atoms with Crippen molar-refractivity contribution < 1.29 is 32.2 Å². The molecule has 0 bridgehead atoms. The van der Waals surface area contributed by atoms with E-state index in [1.807, 2.05) is 0 Å². The van der Waals surface area contributed by atoms with Crippen LogP contribution < -0.4 is 5.32 Å². The van der Waals surface area contributed by atoms with E-state index in [4.69, 9.17) is 9.84 Å². The van der Waals surface area contributed by atoms with Gasteiger partial charge in [-0.3, -0.25) is 9.59 Å². The molecule has 10 heteroatoms. The van der Waals surface area contributed by atoms with Crippen molar-refractivity contribution in [2.75, 3.05) is 31.6 Å². The van der Waals surface area contributed by atoms with Gasteiger partial charge in [-0.05, 0) is 31.0 Å². The maximum atomic E-state index is 14.1. The average Bonchev–Trinajstić information content (AvgIpc) is 2.55. The largest absolute Gasteiger partial charge is 0.481 e. The number of nitrogens with zero attached hydrogens (tertiary/aromatic N) is 1. The first kappa shape index (κ1) is 18.7. The van der Waals surface area contributed by atoms with Crippen LogP contribution in [0.2, 0.25) is 0 Å². The number of hydrogen-bond acceptors (Lipinski definition) is 5. The first-order valence-electron chi connectivity index (χ1n) is 8.22. The maximum Gasteiger partial charge on any atom is 0.307 e. The number of hydrogen-bond donors (Lipinski definition) is 2. The summed E-state index contributed by atoms with van der Waals surface area (Å²) in [5, 5.41) is 11.5. The van der Waals surface area contributed by atoms with E-state index in [1.165, 1.54) is 6.07 Å². The zero-order valence-electron chi connectivity index (χ0n) is 13.9. The van der Waals surface area contributed by atoms with Gasteiger partial charge < -0.3 is 15.2 Å². The predicted molar refractivity (Wildman–Crippen MR) is 88.5 cm³/mol. The van der Waals surface area contributed by atoms with Crippen LogP contribution in [-0.2, 0) is 24.3 Å². The Morgan fingerprint density at radius 3 is 2.42 bits per heavy atom. The van der Waals surface area contributed by atoms with Crippen molar-refractivity contribution in [1.82, 2.24) is 4.31 Å². The van der Waals surface area contributed by atoms with E-state index in [1.54, 1.807) is 0 Å². The summed E-state index contributed by atoms with van der Waals surface area (Å²) in [6, 6.07) is 3.28. The summed E-state index contributed by atoms with van der Waals surface area (Å²) in [5.41, 5.74) is 0.110. The van der Waals surface area contributed by atoms with Gasteiger partial charge in [0.2, 0.25) is 15.9 Å². The van der Waals surface area contributed by atoms with Crippen LogP contribution in [0.25, 0.3) is 0 Å². The summed E-state index contributed by atoms with van der Waals surface area (Å²) in [6.07, 6.45) is 0.871. The Morgan fingerprint density at radius 1 is 1.19 bits per heavy atom. The maximum absolute atomic E-state index is 14.1. The lowest BCUT2D eigenvalue weighted by Crippen LogP contribution is -2.41. The number of benzene rings is 1. The summed E-state index contributed by atoms with van der Waals surface area (Å²) in [7, 11) is -4.05. The second kappa shape index (κ2) is 7.29. The Bertz CT molecular complexity index is 822. The summed E-state index contributed by atoms with van der Waals surface area (Å²) in [6.45, 7) is 0.715. The minimum Gasteiger partial charge on any atom is -0.481 e. The number of halogens is 1. The van der Waals surface area contributed by atoms with Crippen molar-refractivity contribution in [3.05, 3.63) is 24.0 Å². The minimum absolute atomic E-state index is 0.110. The zero-order valence-corrected chi connectivity index (χ0v) is 14.7. The topological polar surface area (TPSA) is 113 Å². The molecule has 1 heterocycles. The van der Waals surface area contributed by atoms with Crippen molar-refractivity contribution in [2.24, 2.45) is 11.8 Å². The third-order valence-electron chi connectivity index (χ3n) is 4.71. The van der Waals surface area contributed by atoms with Crippen molar-refractivity contribution in [1.29, 1.82) is 0 Å². The molecule has 0 spiro atoms. The van der Waals surface area contributed by atoms with E-state index >= 15 is 0 Å². The van der Waals surface area contributed by atoms with Crippen LogP contribution >= 0.6 is 0 Å². The molecule has 2 atom stereocenters. The normalized spacial score (nSPS) is 23.9. The molecule has 26 heavy (non-hydrogen) atoms. The molecule has 1 aliphatic heterocycles. The number of anilines is 1. The third-order valence-corrected chi connectivity index (χ3v) is 6.63. The molecule has 8 nitrogen and oxygen atoms in total. The van der Waals surface area contributed by atoms with Gasteiger partial charge in [-0.25, -0.2) is 12.8 Å². The fourth-order valence-electron chi connectivity index (χ4n) is 3.05. The second-order valence-electron chi connectivity index (χ2n) is 6.28. The molecular formula is C16H19FN2O6S. The predicted octanol–water partition coefficient (Wildman–Crippen LogP) is 0.896. The van der Waals surface area contributed by atoms with E-state index in [-0.39, 0.29) is 32.0 Å². The van der Waals surface area contributed by atoms with Gasteiger partial charge in [0.05, 0.1) is 25.0 Å². The summed E-state index contributed by atoms with van der Waals surface area (Å²) in [4.78, 5) is 22.7. The lowest BCUT2D eigenvalue weighted by atomic mass is 9.73. The third kappa shape index (κ3) is 3.57. The number of morpholine rings is 1. The number of ether oxygens (including phenoxy) is 1. The quantitative estimate of drug-likeness (QED) is 0.777. The number of carboxylic acids is 1. The van der Waals surface area contributed by atoms with Gasteiger partial charge in [0.15, 0.2) is 0 Å². The first-order chi connectivity index (χ1) is 12.3. The first-order valence-corrected chi connectivity index (χ1v) is 9.66. The van der Waals surface area contributed by atoms with Crippen LogP contribution in [0, 0.1) is 17.7 Å². The molecule has 1 aliphatic carbocycles. The standard InChI is InChI=1S/C16H19FN2O6S/c17-13-4-1-10(18-15(20)11-2-3-12(11)16(21)22)9-14(13)26(23,24)19-5-7-25-8-6-19/h1,4,9,11-12H,2-3,5-8H2,(H,18,20)(H,21,22). The zero-order chi connectivity index (χ0) is 18.9. The molecule has 2 aliphatic rings. The molecule has 2 unspecified atom stereocenters. The molecule has 1 amide bonds. The van der Waals surface area contributed by atoms with Crippen LogP contribution in [-0.4, -0.2) is 56.0 Å². The van der Waals surface area contributed by atoms with Gasteiger partial charge in [-0.2, -0.15) is 4.31 Å². The van der Waals surface area contributed by atoms with Gasteiger partial charge in [0, 0.05) is 18.8 Å². The number of carbonyl (C=O) groups excluding carboxylic acids is 1. The molecule has 1 saturated heterocycles.